The average Bonchev–Trinajstić information content (AvgIpc) is 2.76. The zero-order chi connectivity index (χ0) is 12.5. The minimum atomic E-state index is 0.510. The number of nitrogens with zero attached hydrogens (tertiary/aromatic N) is 3. The van der Waals surface area contributed by atoms with E-state index in [1.165, 1.54) is 11.3 Å². The molecule has 0 amide bonds. The molecule has 2 N–H and O–H groups in total. The van der Waals surface area contributed by atoms with Crippen molar-refractivity contribution in [3.05, 3.63) is 41.4 Å². The van der Waals surface area contributed by atoms with Crippen molar-refractivity contribution in [3.63, 3.8) is 0 Å². The molecule has 3 rings (SSSR count). The minimum Gasteiger partial charge on any atom is -0.396 e. The summed E-state index contributed by atoms with van der Waals surface area (Å²) < 4.78 is 0. The fraction of sp³-hybridized carbons (Fsp3) is 0. The van der Waals surface area contributed by atoms with Gasteiger partial charge in [-0.05, 0) is 24.3 Å². The molecule has 0 unspecified atom stereocenters. The second-order valence-electron chi connectivity index (χ2n) is 3.72. The number of aromatic nitrogens is 2. The number of pyridine rings is 2. The largest absolute Gasteiger partial charge is 0.396 e. The van der Waals surface area contributed by atoms with Gasteiger partial charge in [-0.1, -0.05) is 6.07 Å². The van der Waals surface area contributed by atoms with Gasteiger partial charge in [0.2, 0.25) is 0 Å². The first-order valence-corrected chi connectivity index (χ1v) is 6.12. The summed E-state index contributed by atoms with van der Waals surface area (Å²) in [5.74, 6) is 0. The van der Waals surface area contributed by atoms with Crippen molar-refractivity contribution in [2.75, 3.05) is 5.73 Å². The van der Waals surface area contributed by atoms with Crippen LogP contribution in [0.2, 0.25) is 0 Å². The van der Waals surface area contributed by atoms with Crippen molar-refractivity contribution >= 4 is 27.2 Å². The fourth-order valence-corrected chi connectivity index (χ4v) is 2.63. The standard InChI is InChI=1S/C13H8N4S/c14-7-11-12(15)8-4-5-10(17-13(8)18-11)9-3-1-2-6-16-9/h1-6H,15H2. The fourth-order valence-electron chi connectivity index (χ4n) is 1.74. The summed E-state index contributed by atoms with van der Waals surface area (Å²) >= 11 is 1.31. The van der Waals surface area contributed by atoms with Crippen LogP contribution in [0.15, 0.2) is 36.5 Å². The molecule has 0 aromatic carbocycles. The van der Waals surface area contributed by atoms with Crippen LogP contribution in [0.4, 0.5) is 5.69 Å². The highest BCUT2D eigenvalue weighted by molar-refractivity contribution is 7.19. The van der Waals surface area contributed by atoms with Gasteiger partial charge in [-0.3, -0.25) is 4.98 Å². The molecular formula is C13H8N4S. The molecular weight excluding hydrogens is 244 g/mol. The molecule has 0 radical (unpaired) electrons. The number of fused-ring (bicyclic) bond motifs is 1. The topological polar surface area (TPSA) is 75.6 Å². The Hall–Kier alpha value is -2.45. The number of anilines is 1. The van der Waals surface area contributed by atoms with Crippen molar-refractivity contribution in [2.45, 2.75) is 0 Å². The highest BCUT2D eigenvalue weighted by Crippen LogP contribution is 2.33. The third kappa shape index (κ3) is 1.60. The first-order valence-electron chi connectivity index (χ1n) is 5.30. The molecule has 0 atom stereocenters. The Morgan fingerprint density at radius 3 is 2.78 bits per heavy atom. The molecule has 86 valence electrons. The average molecular weight is 252 g/mol. The van der Waals surface area contributed by atoms with Gasteiger partial charge >= 0.3 is 0 Å². The van der Waals surface area contributed by atoms with Gasteiger partial charge in [0, 0.05) is 11.6 Å². The molecule has 0 saturated carbocycles. The molecule has 3 heterocycles. The van der Waals surface area contributed by atoms with E-state index in [0.717, 1.165) is 21.6 Å². The molecule has 0 aliphatic carbocycles. The Morgan fingerprint density at radius 2 is 2.06 bits per heavy atom. The Bertz CT molecular complexity index is 756. The van der Waals surface area contributed by atoms with E-state index in [2.05, 4.69) is 16.0 Å². The van der Waals surface area contributed by atoms with E-state index in [1.807, 2.05) is 30.3 Å². The van der Waals surface area contributed by atoms with Crippen molar-refractivity contribution < 1.29 is 0 Å². The van der Waals surface area contributed by atoms with E-state index in [-0.39, 0.29) is 0 Å². The lowest BCUT2D eigenvalue weighted by atomic mass is 10.2. The van der Waals surface area contributed by atoms with Crippen LogP contribution >= 0.6 is 11.3 Å². The molecule has 0 saturated heterocycles. The maximum absolute atomic E-state index is 8.95. The van der Waals surface area contributed by atoms with Crippen LogP contribution in [-0.4, -0.2) is 9.97 Å². The van der Waals surface area contributed by atoms with Crippen LogP contribution in [-0.2, 0) is 0 Å². The second-order valence-corrected chi connectivity index (χ2v) is 4.72. The van der Waals surface area contributed by atoms with Crippen LogP contribution < -0.4 is 5.73 Å². The van der Waals surface area contributed by atoms with Gasteiger partial charge in [-0.2, -0.15) is 5.26 Å². The number of rotatable bonds is 1. The Labute approximate surface area is 107 Å². The molecule has 18 heavy (non-hydrogen) atoms. The van der Waals surface area contributed by atoms with Crippen molar-refractivity contribution in [3.8, 4) is 17.5 Å². The third-order valence-electron chi connectivity index (χ3n) is 2.62. The number of hydrogen-bond donors (Lipinski definition) is 1. The number of thiophene rings is 1. The summed E-state index contributed by atoms with van der Waals surface area (Å²) in [5, 5.41) is 9.78. The van der Waals surface area contributed by atoms with Crippen LogP contribution in [0.3, 0.4) is 0 Å². The minimum absolute atomic E-state index is 0.510. The van der Waals surface area contributed by atoms with Crippen molar-refractivity contribution in [1.82, 2.24) is 9.97 Å². The van der Waals surface area contributed by atoms with Crippen molar-refractivity contribution in [2.24, 2.45) is 0 Å². The Kier molecular flexibility index (Phi) is 2.43. The van der Waals surface area contributed by atoms with E-state index in [9.17, 15) is 0 Å². The lowest BCUT2D eigenvalue weighted by Crippen LogP contribution is -1.87. The molecule has 4 nitrogen and oxygen atoms in total. The van der Waals surface area contributed by atoms with E-state index < -0.39 is 0 Å². The maximum atomic E-state index is 8.95. The SMILES string of the molecule is N#Cc1sc2nc(-c3ccccn3)ccc2c1N. The number of nitrogen functional groups attached to an aromatic ring is 1. The summed E-state index contributed by atoms with van der Waals surface area (Å²) in [6.07, 6.45) is 1.73. The lowest BCUT2D eigenvalue weighted by Gasteiger charge is -1.99. The Morgan fingerprint density at radius 1 is 1.17 bits per heavy atom. The van der Waals surface area contributed by atoms with E-state index in [4.69, 9.17) is 11.0 Å². The molecule has 0 aliphatic heterocycles. The normalized spacial score (nSPS) is 10.4. The van der Waals surface area contributed by atoms with E-state index in [1.54, 1.807) is 6.20 Å². The van der Waals surface area contributed by atoms with Crippen LogP contribution in [0.1, 0.15) is 4.88 Å². The summed E-state index contributed by atoms with van der Waals surface area (Å²) in [5.41, 5.74) is 7.98. The van der Waals surface area contributed by atoms with E-state index >= 15 is 0 Å². The van der Waals surface area contributed by atoms with Crippen LogP contribution in [0, 0.1) is 11.3 Å². The molecule has 3 aromatic heterocycles. The molecule has 0 bridgehead atoms. The second kappa shape index (κ2) is 4.09. The quantitative estimate of drug-likeness (QED) is 0.722. The molecule has 0 aliphatic rings. The summed E-state index contributed by atoms with van der Waals surface area (Å²) in [7, 11) is 0. The van der Waals surface area contributed by atoms with Gasteiger partial charge in [0.05, 0.1) is 17.1 Å². The molecule has 0 spiro atoms. The summed E-state index contributed by atoms with van der Waals surface area (Å²) in [6.45, 7) is 0. The van der Waals surface area contributed by atoms with Gasteiger partial charge in [-0.15, -0.1) is 11.3 Å². The smallest absolute Gasteiger partial charge is 0.130 e. The maximum Gasteiger partial charge on any atom is 0.130 e. The van der Waals surface area contributed by atoms with Gasteiger partial charge in [0.25, 0.3) is 0 Å². The van der Waals surface area contributed by atoms with Gasteiger partial charge in [-0.25, -0.2) is 4.98 Å². The van der Waals surface area contributed by atoms with Crippen LogP contribution in [0.25, 0.3) is 21.6 Å². The third-order valence-corrected chi connectivity index (χ3v) is 3.64. The summed E-state index contributed by atoms with van der Waals surface area (Å²) in [4.78, 5) is 10.0. The van der Waals surface area contributed by atoms with Crippen molar-refractivity contribution in [1.29, 1.82) is 5.26 Å². The highest BCUT2D eigenvalue weighted by Gasteiger charge is 2.11. The van der Waals surface area contributed by atoms with Crippen LogP contribution in [0.5, 0.6) is 0 Å². The molecule has 3 aromatic rings. The first kappa shape index (κ1) is 10.7. The van der Waals surface area contributed by atoms with Gasteiger partial charge < -0.3 is 5.73 Å². The van der Waals surface area contributed by atoms with Gasteiger partial charge in [0.15, 0.2) is 0 Å². The highest BCUT2D eigenvalue weighted by atomic mass is 32.1. The van der Waals surface area contributed by atoms with Gasteiger partial charge in [0.1, 0.15) is 15.8 Å². The van der Waals surface area contributed by atoms with E-state index in [0.29, 0.717) is 10.6 Å². The number of nitrogens with two attached hydrogens (primary N) is 1. The first-order chi connectivity index (χ1) is 8.79. The predicted molar refractivity (Wildman–Crippen MR) is 72.0 cm³/mol. The zero-order valence-electron chi connectivity index (χ0n) is 9.29. The zero-order valence-corrected chi connectivity index (χ0v) is 10.1. The lowest BCUT2D eigenvalue weighted by molar-refractivity contribution is 1.28. The summed E-state index contributed by atoms with van der Waals surface area (Å²) in [6, 6.07) is 11.5. The monoisotopic (exact) mass is 252 g/mol. The predicted octanol–water partition coefficient (Wildman–Crippen LogP) is 2.81. The Balaban J connectivity index is 2.21. The molecule has 5 heteroatoms. The number of hydrogen-bond acceptors (Lipinski definition) is 5. The molecule has 0 fully saturated rings. The number of nitriles is 1.